The lowest BCUT2D eigenvalue weighted by molar-refractivity contribution is -0.134. The Morgan fingerprint density at radius 2 is 2.00 bits per heavy atom. The number of amides is 1. The summed E-state index contributed by atoms with van der Waals surface area (Å²) in [6, 6.07) is 4.01. The summed E-state index contributed by atoms with van der Waals surface area (Å²) in [5, 5.41) is 0. The zero-order chi connectivity index (χ0) is 15.5. The fourth-order valence-corrected chi connectivity index (χ4v) is 3.23. The third-order valence-corrected chi connectivity index (χ3v) is 4.50. The van der Waals surface area contributed by atoms with Crippen LogP contribution in [0.4, 0.5) is 0 Å². The van der Waals surface area contributed by atoms with Crippen LogP contribution in [0.1, 0.15) is 30.4 Å². The number of nitrogens with zero attached hydrogens (tertiary/aromatic N) is 1. The van der Waals surface area contributed by atoms with E-state index in [1.807, 2.05) is 17.0 Å². The first-order chi connectivity index (χ1) is 10.7. The summed E-state index contributed by atoms with van der Waals surface area (Å²) >= 11 is 0. The van der Waals surface area contributed by atoms with Gasteiger partial charge in [0.1, 0.15) is 0 Å². The van der Waals surface area contributed by atoms with Gasteiger partial charge in [0.25, 0.3) is 0 Å². The van der Waals surface area contributed by atoms with Crippen molar-refractivity contribution in [1.82, 2.24) is 4.90 Å². The highest BCUT2D eigenvalue weighted by Crippen LogP contribution is 2.33. The Hall–Kier alpha value is -1.75. The summed E-state index contributed by atoms with van der Waals surface area (Å²) < 4.78 is 16.3. The predicted octanol–water partition coefficient (Wildman–Crippen LogP) is 2.16. The van der Waals surface area contributed by atoms with Crippen molar-refractivity contribution in [2.45, 2.75) is 38.3 Å². The highest BCUT2D eigenvalue weighted by Gasteiger charge is 2.26. The van der Waals surface area contributed by atoms with Gasteiger partial charge in [-0.05, 0) is 42.5 Å². The standard InChI is InChI=1S/C17H23NO4/c1-20-15-8-12-5-6-18(11-13(12)9-16(15)21-2)17(19)10-14-4-3-7-22-14/h8-9,14H,3-7,10-11H2,1-2H3. The van der Waals surface area contributed by atoms with E-state index in [-0.39, 0.29) is 12.0 Å². The maximum absolute atomic E-state index is 12.4. The van der Waals surface area contributed by atoms with Crippen LogP contribution in [0.15, 0.2) is 12.1 Å². The van der Waals surface area contributed by atoms with Gasteiger partial charge in [-0.3, -0.25) is 4.79 Å². The van der Waals surface area contributed by atoms with Gasteiger partial charge in [-0.1, -0.05) is 0 Å². The lowest BCUT2D eigenvalue weighted by Gasteiger charge is -2.30. The summed E-state index contributed by atoms with van der Waals surface area (Å²) in [6.07, 6.45) is 3.54. The molecule has 120 valence electrons. The molecule has 2 aliphatic heterocycles. The van der Waals surface area contributed by atoms with E-state index >= 15 is 0 Å². The van der Waals surface area contributed by atoms with Gasteiger partial charge in [0.05, 0.1) is 26.7 Å². The molecular weight excluding hydrogens is 282 g/mol. The molecule has 1 fully saturated rings. The molecule has 0 saturated carbocycles. The van der Waals surface area contributed by atoms with Gasteiger partial charge >= 0.3 is 0 Å². The van der Waals surface area contributed by atoms with E-state index in [4.69, 9.17) is 14.2 Å². The first kappa shape index (κ1) is 15.2. The van der Waals surface area contributed by atoms with Gasteiger partial charge in [0, 0.05) is 19.7 Å². The molecule has 0 aromatic heterocycles. The Kier molecular flexibility index (Phi) is 4.52. The SMILES string of the molecule is COc1cc2c(cc1OC)CN(C(=O)CC1CCCO1)CC2. The molecule has 1 aromatic carbocycles. The molecule has 22 heavy (non-hydrogen) atoms. The van der Waals surface area contributed by atoms with Crippen molar-refractivity contribution in [1.29, 1.82) is 0 Å². The van der Waals surface area contributed by atoms with Crippen LogP contribution in [0.3, 0.4) is 0 Å². The van der Waals surface area contributed by atoms with Crippen molar-refractivity contribution in [3.8, 4) is 11.5 Å². The maximum atomic E-state index is 12.4. The van der Waals surface area contributed by atoms with Crippen LogP contribution < -0.4 is 9.47 Å². The van der Waals surface area contributed by atoms with Crippen molar-refractivity contribution in [2.24, 2.45) is 0 Å². The fourth-order valence-electron chi connectivity index (χ4n) is 3.23. The highest BCUT2D eigenvalue weighted by atomic mass is 16.5. The molecule has 0 N–H and O–H groups in total. The second-order valence-electron chi connectivity index (χ2n) is 5.88. The van der Waals surface area contributed by atoms with E-state index in [2.05, 4.69) is 0 Å². The number of hydrogen-bond acceptors (Lipinski definition) is 4. The van der Waals surface area contributed by atoms with Crippen LogP contribution in [0.2, 0.25) is 0 Å². The van der Waals surface area contributed by atoms with Gasteiger partial charge in [0.2, 0.25) is 5.91 Å². The van der Waals surface area contributed by atoms with Crippen molar-refractivity contribution in [3.63, 3.8) is 0 Å². The zero-order valence-electron chi connectivity index (χ0n) is 13.3. The van der Waals surface area contributed by atoms with Crippen LogP contribution in [-0.4, -0.2) is 44.3 Å². The Morgan fingerprint density at radius 3 is 2.64 bits per heavy atom. The third-order valence-electron chi connectivity index (χ3n) is 4.50. The van der Waals surface area contributed by atoms with E-state index in [9.17, 15) is 4.79 Å². The molecule has 0 bridgehead atoms. The Morgan fingerprint density at radius 1 is 1.27 bits per heavy atom. The molecule has 0 aliphatic carbocycles. The largest absolute Gasteiger partial charge is 0.493 e. The number of carbonyl (C=O) groups excluding carboxylic acids is 1. The van der Waals surface area contributed by atoms with Crippen molar-refractivity contribution < 1.29 is 19.0 Å². The number of fused-ring (bicyclic) bond motifs is 1. The first-order valence-electron chi connectivity index (χ1n) is 7.84. The molecule has 5 nitrogen and oxygen atoms in total. The van der Waals surface area contributed by atoms with Gasteiger partial charge in [-0.15, -0.1) is 0 Å². The average Bonchev–Trinajstić information content (AvgIpc) is 3.05. The van der Waals surface area contributed by atoms with Gasteiger partial charge in [-0.25, -0.2) is 0 Å². The predicted molar refractivity (Wildman–Crippen MR) is 82.3 cm³/mol. The minimum absolute atomic E-state index is 0.110. The molecule has 5 heteroatoms. The minimum Gasteiger partial charge on any atom is -0.493 e. The Bertz CT molecular complexity index is 552. The molecule has 1 unspecified atom stereocenters. The summed E-state index contributed by atoms with van der Waals surface area (Å²) in [6.45, 7) is 2.19. The van der Waals surface area contributed by atoms with Crippen LogP contribution >= 0.6 is 0 Å². The molecule has 0 radical (unpaired) electrons. The van der Waals surface area contributed by atoms with E-state index < -0.39 is 0 Å². The minimum atomic E-state index is 0.110. The number of methoxy groups -OCH3 is 2. The smallest absolute Gasteiger partial charge is 0.225 e. The van der Waals surface area contributed by atoms with Gasteiger partial charge < -0.3 is 19.1 Å². The van der Waals surface area contributed by atoms with E-state index in [0.717, 1.165) is 49.5 Å². The van der Waals surface area contributed by atoms with Crippen LogP contribution in [-0.2, 0) is 22.5 Å². The third kappa shape index (κ3) is 3.04. The van der Waals surface area contributed by atoms with Gasteiger partial charge in [-0.2, -0.15) is 0 Å². The molecule has 1 atom stereocenters. The van der Waals surface area contributed by atoms with Gasteiger partial charge in [0.15, 0.2) is 11.5 Å². The second-order valence-corrected chi connectivity index (χ2v) is 5.88. The monoisotopic (exact) mass is 305 g/mol. The molecule has 1 aromatic rings. The number of carbonyl (C=O) groups is 1. The molecule has 2 heterocycles. The summed E-state index contributed by atoms with van der Waals surface area (Å²) in [7, 11) is 3.28. The van der Waals surface area contributed by atoms with Crippen molar-refractivity contribution >= 4 is 5.91 Å². The van der Waals surface area contributed by atoms with Crippen LogP contribution in [0.25, 0.3) is 0 Å². The van der Waals surface area contributed by atoms with Crippen molar-refractivity contribution in [3.05, 3.63) is 23.3 Å². The zero-order valence-corrected chi connectivity index (χ0v) is 13.3. The molecular formula is C17H23NO4. The Labute approximate surface area is 131 Å². The Balaban J connectivity index is 1.71. The van der Waals surface area contributed by atoms with E-state index in [1.54, 1.807) is 14.2 Å². The lowest BCUT2D eigenvalue weighted by Crippen LogP contribution is -2.37. The van der Waals surface area contributed by atoms with E-state index in [0.29, 0.717) is 13.0 Å². The highest BCUT2D eigenvalue weighted by molar-refractivity contribution is 5.77. The van der Waals surface area contributed by atoms with E-state index in [1.165, 1.54) is 5.56 Å². The number of benzene rings is 1. The second kappa shape index (κ2) is 6.57. The normalized spacial score (nSPS) is 20.6. The summed E-state index contributed by atoms with van der Waals surface area (Å²) in [5.41, 5.74) is 2.38. The lowest BCUT2D eigenvalue weighted by atomic mass is 9.98. The molecule has 0 spiro atoms. The molecule has 2 aliphatic rings. The molecule has 1 amide bonds. The molecule has 3 rings (SSSR count). The number of rotatable bonds is 4. The quantitative estimate of drug-likeness (QED) is 0.855. The van der Waals surface area contributed by atoms with Crippen LogP contribution in [0, 0.1) is 0 Å². The number of hydrogen-bond donors (Lipinski definition) is 0. The summed E-state index contributed by atoms with van der Waals surface area (Å²) in [4.78, 5) is 14.4. The summed E-state index contributed by atoms with van der Waals surface area (Å²) in [5.74, 6) is 1.65. The number of ether oxygens (including phenoxy) is 3. The topological polar surface area (TPSA) is 48.0 Å². The average molecular weight is 305 g/mol. The fraction of sp³-hybridized carbons (Fsp3) is 0.588. The maximum Gasteiger partial charge on any atom is 0.225 e. The van der Waals surface area contributed by atoms with Crippen LogP contribution in [0.5, 0.6) is 11.5 Å². The molecule has 1 saturated heterocycles. The first-order valence-corrected chi connectivity index (χ1v) is 7.84. The van der Waals surface area contributed by atoms with Crippen molar-refractivity contribution in [2.75, 3.05) is 27.4 Å².